The van der Waals surface area contributed by atoms with Gasteiger partial charge in [-0.1, -0.05) is 48.5 Å². The summed E-state index contributed by atoms with van der Waals surface area (Å²) in [5, 5.41) is 3.43. The molecule has 0 aliphatic carbocycles. The van der Waals surface area contributed by atoms with Crippen LogP contribution < -0.4 is 10.1 Å². The van der Waals surface area contributed by atoms with E-state index in [9.17, 15) is 4.79 Å². The predicted octanol–water partition coefficient (Wildman–Crippen LogP) is 5.17. The van der Waals surface area contributed by atoms with E-state index in [0.717, 1.165) is 27.4 Å². The number of amides is 1. The van der Waals surface area contributed by atoms with Crippen LogP contribution >= 0.6 is 11.3 Å². The number of rotatable bonds is 6. The molecule has 3 aromatic rings. The van der Waals surface area contributed by atoms with Crippen molar-refractivity contribution in [2.24, 2.45) is 0 Å². The van der Waals surface area contributed by atoms with E-state index in [0.29, 0.717) is 11.7 Å². The van der Waals surface area contributed by atoms with Gasteiger partial charge in [0.25, 0.3) is 0 Å². The quantitative estimate of drug-likeness (QED) is 0.614. The molecule has 0 aliphatic rings. The lowest BCUT2D eigenvalue weighted by atomic mass is 10.1. The van der Waals surface area contributed by atoms with Crippen LogP contribution in [0.25, 0.3) is 17.3 Å². The molecule has 132 valence electrons. The number of para-hydroxylation sites is 1. The molecule has 1 heterocycles. The Morgan fingerprint density at radius 1 is 1.15 bits per heavy atom. The molecular weight excluding hydrogens is 344 g/mol. The first kappa shape index (κ1) is 17.9. The highest BCUT2D eigenvalue weighted by molar-refractivity contribution is 7.16. The number of ether oxygens (including phenoxy) is 1. The Kier molecular flexibility index (Phi) is 5.81. The molecule has 0 radical (unpaired) electrons. The minimum atomic E-state index is -0.218. The summed E-state index contributed by atoms with van der Waals surface area (Å²) in [6.45, 7) is 4.52. The summed E-state index contributed by atoms with van der Waals surface area (Å²) in [5.41, 5.74) is 2.81. The Morgan fingerprint density at radius 2 is 1.88 bits per heavy atom. The number of benzene rings is 2. The van der Waals surface area contributed by atoms with Crippen LogP contribution in [0.5, 0.6) is 5.75 Å². The first-order valence-corrected chi connectivity index (χ1v) is 9.22. The van der Waals surface area contributed by atoms with Crippen LogP contribution in [0.4, 0.5) is 5.13 Å². The summed E-state index contributed by atoms with van der Waals surface area (Å²) in [5.74, 6) is 0.542. The van der Waals surface area contributed by atoms with Crippen molar-refractivity contribution in [3.8, 4) is 17.0 Å². The maximum absolute atomic E-state index is 12.2. The summed E-state index contributed by atoms with van der Waals surface area (Å²) < 4.78 is 5.56. The zero-order valence-corrected chi connectivity index (χ0v) is 15.5. The highest BCUT2D eigenvalue weighted by Gasteiger charge is 2.11. The number of aromatic nitrogens is 1. The lowest BCUT2D eigenvalue weighted by Crippen LogP contribution is -2.07. The second kappa shape index (κ2) is 8.45. The van der Waals surface area contributed by atoms with Gasteiger partial charge in [-0.15, -0.1) is 11.3 Å². The van der Waals surface area contributed by atoms with E-state index in [1.807, 2.05) is 68.4 Å². The van der Waals surface area contributed by atoms with Crippen LogP contribution in [0.15, 0.2) is 60.7 Å². The van der Waals surface area contributed by atoms with Crippen LogP contribution in [-0.2, 0) is 4.79 Å². The van der Waals surface area contributed by atoms with E-state index >= 15 is 0 Å². The summed E-state index contributed by atoms with van der Waals surface area (Å²) in [7, 11) is 0. The lowest BCUT2D eigenvalue weighted by molar-refractivity contribution is -0.111. The summed E-state index contributed by atoms with van der Waals surface area (Å²) in [6, 6.07) is 17.6. The fourth-order valence-corrected chi connectivity index (χ4v) is 3.37. The molecule has 1 N–H and O–H groups in total. The Bertz CT molecular complexity index is 917. The first-order valence-electron chi connectivity index (χ1n) is 8.41. The molecule has 0 fully saturated rings. The van der Waals surface area contributed by atoms with Crippen molar-refractivity contribution < 1.29 is 9.53 Å². The van der Waals surface area contributed by atoms with Crippen molar-refractivity contribution in [1.82, 2.24) is 4.98 Å². The van der Waals surface area contributed by atoms with Crippen molar-refractivity contribution >= 4 is 28.5 Å². The van der Waals surface area contributed by atoms with Gasteiger partial charge < -0.3 is 4.74 Å². The van der Waals surface area contributed by atoms with Crippen LogP contribution in [0.3, 0.4) is 0 Å². The molecule has 0 spiro atoms. The molecule has 3 rings (SSSR count). The minimum Gasteiger partial charge on any atom is -0.493 e. The number of carbonyl (C=O) groups is 1. The van der Waals surface area contributed by atoms with E-state index in [4.69, 9.17) is 4.74 Å². The molecule has 5 heteroatoms. The summed E-state index contributed by atoms with van der Waals surface area (Å²) in [6.07, 6.45) is 3.25. The van der Waals surface area contributed by atoms with Gasteiger partial charge in [0.1, 0.15) is 5.75 Å². The standard InChI is InChI=1S/C21H20N2O2S/c1-3-25-18-12-8-7-9-16(18)13-14-19(24)22-21-23-20(15(2)26-21)17-10-5-4-6-11-17/h4-14H,3H2,1-2H3,(H,22,23,24)/b14-13+. The fraction of sp³-hybridized carbons (Fsp3) is 0.143. The Labute approximate surface area is 157 Å². The maximum atomic E-state index is 12.2. The zero-order valence-electron chi connectivity index (χ0n) is 14.7. The smallest absolute Gasteiger partial charge is 0.250 e. The minimum absolute atomic E-state index is 0.218. The molecular formula is C21H20N2O2S. The van der Waals surface area contributed by atoms with E-state index in [1.54, 1.807) is 6.08 Å². The van der Waals surface area contributed by atoms with Crippen molar-refractivity contribution in [3.05, 3.63) is 71.1 Å². The van der Waals surface area contributed by atoms with Gasteiger partial charge in [0.15, 0.2) is 5.13 Å². The van der Waals surface area contributed by atoms with Crippen molar-refractivity contribution in [3.63, 3.8) is 0 Å². The average Bonchev–Trinajstić information content (AvgIpc) is 3.02. The molecule has 0 saturated carbocycles. The number of thiazole rings is 1. The topological polar surface area (TPSA) is 51.2 Å². The maximum Gasteiger partial charge on any atom is 0.250 e. The molecule has 4 nitrogen and oxygen atoms in total. The summed E-state index contributed by atoms with van der Waals surface area (Å²) in [4.78, 5) is 17.9. The highest BCUT2D eigenvalue weighted by atomic mass is 32.1. The largest absolute Gasteiger partial charge is 0.493 e. The number of aryl methyl sites for hydroxylation is 1. The summed E-state index contributed by atoms with van der Waals surface area (Å²) >= 11 is 1.47. The monoisotopic (exact) mass is 364 g/mol. The molecule has 0 unspecified atom stereocenters. The predicted molar refractivity (Wildman–Crippen MR) is 108 cm³/mol. The number of hydrogen-bond acceptors (Lipinski definition) is 4. The molecule has 26 heavy (non-hydrogen) atoms. The van der Waals surface area contributed by atoms with Crippen LogP contribution in [0.1, 0.15) is 17.4 Å². The molecule has 1 aromatic heterocycles. The molecule has 2 aromatic carbocycles. The number of anilines is 1. The average molecular weight is 364 g/mol. The third-order valence-corrected chi connectivity index (χ3v) is 4.59. The van der Waals surface area contributed by atoms with Crippen molar-refractivity contribution in [2.75, 3.05) is 11.9 Å². The van der Waals surface area contributed by atoms with Crippen LogP contribution in [0, 0.1) is 6.92 Å². The second-order valence-corrected chi connectivity index (χ2v) is 6.79. The number of hydrogen-bond donors (Lipinski definition) is 1. The second-order valence-electron chi connectivity index (χ2n) is 5.58. The molecule has 0 bridgehead atoms. The third kappa shape index (κ3) is 4.37. The third-order valence-electron chi connectivity index (χ3n) is 3.71. The van der Waals surface area contributed by atoms with Crippen LogP contribution in [-0.4, -0.2) is 17.5 Å². The van der Waals surface area contributed by atoms with Gasteiger partial charge in [-0.3, -0.25) is 10.1 Å². The normalized spacial score (nSPS) is 10.8. The Balaban J connectivity index is 1.71. The van der Waals surface area contributed by atoms with Gasteiger partial charge in [-0.2, -0.15) is 0 Å². The van der Waals surface area contributed by atoms with E-state index < -0.39 is 0 Å². The van der Waals surface area contributed by atoms with Gasteiger partial charge in [-0.25, -0.2) is 4.98 Å². The Morgan fingerprint density at radius 3 is 2.65 bits per heavy atom. The van der Waals surface area contributed by atoms with E-state index in [1.165, 1.54) is 17.4 Å². The van der Waals surface area contributed by atoms with Crippen molar-refractivity contribution in [2.45, 2.75) is 13.8 Å². The van der Waals surface area contributed by atoms with E-state index in [-0.39, 0.29) is 5.91 Å². The van der Waals surface area contributed by atoms with Gasteiger partial charge in [0.2, 0.25) is 5.91 Å². The zero-order chi connectivity index (χ0) is 18.4. The number of nitrogens with one attached hydrogen (secondary N) is 1. The van der Waals surface area contributed by atoms with Crippen molar-refractivity contribution in [1.29, 1.82) is 0 Å². The highest BCUT2D eigenvalue weighted by Crippen LogP contribution is 2.30. The van der Waals surface area contributed by atoms with Gasteiger partial charge in [0, 0.05) is 22.1 Å². The SMILES string of the molecule is CCOc1ccccc1/C=C/C(=O)Nc1nc(-c2ccccc2)c(C)s1. The molecule has 0 aliphatic heterocycles. The Hall–Kier alpha value is -2.92. The molecule has 0 atom stereocenters. The number of carbonyl (C=O) groups excluding carboxylic acids is 1. The molecule has 1 amide bonds. The van der Waals surface area contributed by atoms with Gasteiger partial charge >= 0.3 is 0 Å². The molecule has 0 saturated heterocycles. The van der Waals surface area contributed by atoms with Gasteiger partial charge in [-0.05, 0) is 26.0 Å². The lowest BCUT2D eigenvalue weighted by Gasteiger charge is -2.06. The van der Waals surface area contributed by atoms with E-state index in [2.05, 4.69) is 10.3 Å². The van der Waals surface area contributed by atoms with Gasteiger partial charge in [0.05, 0.1) is 12.3 Å². The first-order chi connectivity index (χ1) is 12.7. The van der Waals surface area contributed by atoms with Crippen LogP contribution in [0.2, 0.25) is 0 Å². The number of nitrogens with zero attached hydrogens (tertiary/aromatic N) is 1. The fourth-order valence-electron chi connectivity index (χ4n) is 2.53.